The Morgan fingerprint density at radius 2 is 1.67 bits per heavy atom. The third-order valence-corrected chi connectivity index (χ3v) is 7.47. The molecule has 5 rings (SSSR count). The van der Waals surface area contributed by atoms with Gasteiger partial charge in [0.15, 0.2) is 5.78 Å². The van der Waals surface area contributed by atoms with Crippen LogP contribution in [0.4, 0.5) is 0 Å². The molecule has 2 aliphatic carbocycles. The van der Waals surface area contributed by atoms with Crippen LogP contribution in [0, 0.1) is 11.3 Å². The summed E-state index contributed by atoms with van der Waals surface area (Å²) in [4.78, 5) is 33.1. The Bertz CT molecular complexity index is 539. The molecule has 3 heterocycles. The molecular formula is C20H31NO3. The van der Waals surface area contributed by atoms with E-state index in [0.29, 0.717) is 5.92 Å². The van der Waals surface area contributed by atoms with Crippen LogP contribution >= 0.6 is 0 Å². The fraction of sp³-hybridized carbons (Fsp3) is 0.900. The highest BCUT2D eigenvalue weighted by Crippen LogP contribution is 2.60. The topological polar surface area (TPSA) is 46.6 Å². The predicted molar refractivity (Wildman–Crippen MR) is 91.1 cm³/mol. The normalized spacial score (nSPS) is 44.4. The summed E-state index contributed by atoms with van der Waals surface area (Å²) in [7, 11) is 0. The highest BCUT2D eigenvalue weighted by atomic mass is 16.7. The van der Waals surface area contributed by atoms with Crippen molar-refractivity contribution in [2.45, 2.75) is 102 Å². The van der Waals surface area contributed by atoms with E-state index in [-0.39, 0.29) is 17.3 Å². The first-order valence-electron chi connectivity index (χ1n) is 10.1. The van der Waals surface area contributed by atoms with E-state index in [1.807, 2.05) is 0 Å². The maximum atomic E-state index is 13.5. The molecule has 4 heteroatoms. The Morgan fingerprint density at radius 3 is 2.25 bits per heavy atom. The van der Waals surface area contributed by atoms with Crippen LogP contribution in [-0.4, -0.2) is 27.9 Å². The molecule has 0 N–H and O–H groups in total. The maximum absolute atomic E-state index is 13.5. The molecule has 24 heavy (non-hydrogen) atoms. The molecule has 4 nitrogen and oxygen atoms in total. The molecular weight excluding hydrogens is 302 g/mol. The first-order chi connectivity index (χ1) is 11.5. The molecule has 2 spiro atoms. The molecule has 0 aromatic rings. The van der Waals surface area contributed by atoms with Crippen molar-refractivity contribution < 1.29 is 14.4 Å². The number of carbonyl (C=O) groups is 2. The predicted octanol–water partition coefficient (Wildman–Crippen LogP) is 4.17. The summed E-state index contributed by atoms with van der Waals surface area (Å²) in [5.74, 6) is 0.905. The number of hydrogen-bond donors (Lipinski definition) is 0. The van der Waals surface area contributed by atoms with E-state index in [4.69, 9.17) is 4.84 Å². The van der Waals surface area contributed by atoms with Crippen LogP contribution in [0.2, 0.25) is 0 Å². The van der Waals surface area contributed by atoms with Gasteiger partial charge in [-0.05, 0) is 63.7 Å². The number of carbonyl (C=O) groups excluding carboxylic acids is 2. The smallest absolute Gasteiger partial charge is 0.260 e. The summed E-state index contributed by atoms with van der Waals surface area (Å²) in [6.07, 6.45) is 11.5. The van der Waals surface area contributed by atoms with Gasteiger partial charge in [0, 0.05) is 0 Å². The average Bonchev–Trinajstić information content (AvgIpc) is 2.78. The van der Waals surface area contributed by atoms with Gasteiger partial charge < -0.3 is 0 Å². The number of amides is 1. The summed E-state index contributed by atoms with van der Waals surface area (Å²) < 4.78 is 0. The number of rotatable bonds is 4. The number of nitrogens with zero attached hydrogens (tertiary/aromatic N) is 1. The van der Waals surface area contributed by atoms with Crippen LogP contribution in [0.5, 0.6) is 0 Å². The lowest BCUT2D eigenvalue weighted by Gasteiger charge is -2.54. The van der Waals surface area contributed by atoms with Gasteiger partial charge in [0.05, 0.1) is 5.60 Å². The molecule has 0 unspecified atom stereocenters. The van der Waals surface area contributed by atoms with E-state index in [1.165, 1.54) is 12.8 Å². The molecule has 5 aliphatic rings. The lowest BCUT2D eigenvalue weighted by Crippen LogP contribution is -2.64. The second kappa shape index (κ2) is 5.55. The number of fused-ring (bicyclic) bond motifs is 2. The van der Waals surface area contributed by atoms with Crippen LogP contribution in [0.25, 0.3) is 0 Å². The maximum Gasteiger partial charge on any atom is 0.260 e. The molecule has 3 saturated heterocycles. The molecule has 2 saturated carbocycles. The van der Waals surface area contributed by atoms with E-state index in [2.05, 4.69) is 13.8 Å². The molecule has 0 atom stereocenters. The standard InChI is InChI=1S/C20H31NO3/c1-3-5-15-6-9-19(10-7-15)16(22)20-13-11-18(8-4-2,12-14-20)24-21(20)17(19)23/h15H,3-14H2,1-2H3. The highest BCUT2D eigenvalue weighted by Gasteiger charge is 2.72. The summed E-state index contributed by atoms with van der Waals surface area (Å²) in [5, 5.41) is 1.60. The fourth-order valence-electron chi connectivity index (χ4n) is 6.05. The minimum absolute atomic E-state index is 0.00215. The summed E-state index contributed by atoms with van der Waals surface area (Å²) in [5.41, 5.74) is -1.56. The molecule has 3 aliphatic heterocycles. The Kier molecular flexibility index (Phi) is 3.83. The van der Waals surface area contributed by atoms with Gasteiger partial charge >= 0.3 is 0 Å². The minimum atomic E-state index is -0.753. The van der Waals surface area contributed by atoms with Crippen molar-refractivity contribution >= 4 is 11.7 Å². The van der Waals surface area contributed by atoms with E-state index >= 15 is 0 Å². The Hall–Kier alpha value is -0.900. The second-order valence-corrected chi connectivity index (χ2v) is 8.80. The number of hydroxylamine groups is 2. The Balaban J connectivity index is 1.61. The second-order valence-electron chi connectivity index (χ2n) is 8.80. The van der Waals surface area contributed by atoms with Crippen LogP contribution < -0.4 is 0 Å². The summed E-state index contributed by atoms with van der Waals surface area (Å²) >= 11 is 0. The van der Waals surface area contributed by atoms with E-state index in [9.17, 15) is 9.59 Å². The van der Waals surface area contributed by atoms with Crippen molar-refractivity contribution in [3.63, 3.8) is 0 Å². The quantitative estimate of drug-likeness (QED) is 0.725. The van der Waals surface area contributed by atoms with Gasteiger partial charge in [-0.2, -0.15) is 0 Å². The van der Waals surface area contributed by atoms with Crippen LogP contribution in [0.1, 0.15) is 90.9 Å². The largest absolute Gasteiger partial charge is 0.296 e. The SMILES string of the molecule is CCCC1CCC2(CC1)C(=O)N1OC3(CCC)CCC1(CC3)C2=O. The highest BCUT2D eigenvalue weighted by molar-refractivity contribution is 6.16. The molecule has 0 aromatic carbocycles. The number of Topliss-reactive ketones (excluding diaryl/α,β-unsaturated/α-hetero) is 1. The van der Waals surface area contributed by atoms with E-state index in [1.54, 1.807) is 5.06 Å². The summed E-state index contributed by atoms with van der Waals surface area (Å²) in [6, 6.07) is 0. The summed E-state index contributed by atoms with van der Waals surface area (Å²) in [6.45, 7) is 4.39. The van der Waals surface area contributed by atoms with Crippen LogP contribution in [-0.2, 0) is 14.4 Å². The fourth-order valence-corrected chi connectivity index (χ4v) is 6.05. The van der Waals surface area contributed by atoms with Crippen molar-refractivity contribution in [2.24, 2.45) is 11.3 Å². The molecule has 2 bridgehead atoms. The van der Waals surface area contributed by atoms with E-state index < -0.39 is 11.0 Å². The van der Waals surface area contributed by atoms with Crippen molar-refractivity contribution in [1.29, 1.82) is 0 Å². The van der Waals surface area contributed by atoms with Crippen LogP contribution in [0.3, 0.4) is 0 Å². The molecule has 1 amide bonds. The van der Waals surface area contributed by atoms with Gasteiger partial charge in [0.2, 0.25) is 0 Å². The lowest BCUT2D eigenvalue weighted by molar-refractivity contribution is -0.322. The first kappa shape index (κ1) is 16.6. The lowest BCUT2D eigenvalue weighted by atomic mass is 9.62. The van der Waals surface area contributed by atoms with Gasteiger partial charge in [-0.15, -0.1) is 0 Å². The number of hydrogen-bond acceptors (Lipinski definition) is 3. The van der Waals surface area contributed by atoms with Gasteiger partial charge in [-0.25, -0.2) is 5.06 Å². The van der Waals surface area contributed by atoms with Crippen molar-refractivity contribution in [2.75, 3.05) is 0 Å². The minimum Gasteiger partial charge on any atom is -0.296 e. The third-order valence-electron chi connectivity index (χ3n) is 7.47. The zero-order valence-corrected chi connectivity index (χ0v) is 15.2. The van der Waals surface area contributed by atoms with E-state index in [0.717, 1.165) is 64.2 Å². The average molecular weight is 333 g/mol. The van der Waals surface area contributed by atoms with Crippen molar-refractivity contribution in [3.05, 3.63) is 0 Å². The Labute approximate surface area is 145 Å². The Morgan fingerprint density at radius 1 is 1.00 bits per heavy atom. The third kappa shape index (κ3) is 2.01. The van der Waals surface area contributed by atoms with Crippen molar-refractivity contribution in [3.8, 4) is 0 Å². The van der Waals surface area contributed by atoms with Crippen LogP contribution in [0.15, 0.2) is 0 Å². The van der Waals surface area contributed by atoms with Gasteiger partial charge in [-0.3, -0.25) is 14.4 Å². The molecule has 0 radical (unpaired) electrons. The monoisotopic (exact) mass is 333 g/mol. The van der Waals surface area contributed by atoms with Gasteiger partial charge in [0.25, 0.3) is 5.91 Å². The molecule has 134 valence electrons. The molecule has 0 aromatic heterocycles. The van der Waals surface area contributed by atoms with Crippen molar-refractivity contribution in [1.82, 2.24) is 5.06 Å². The van der Waals surface area contributed by atoms with Gasteiger partial charge in [0.1, 0.15) is 11.0 Å². The molecule has 5 fully saturated rings. The van der Waals surface area contributed by atoms with Gasteiger partial charge in [-0.1, -0.05) is 33.1 Å². The zero-order valence-electron chi connectivity index (χ0n) is 15.2. The number of ketones is 1. The first-order valence-corrected chi connectivity index (χ1v) is 10.1. The zero-order chi connectivity index (χ0) is 17.0.